The minimum atomic E-state index is -0.355. The molecule has 7 nitrogen and oxygen atoms in total. The molecule has 0 unspecified atom stereocenters. The van der Waals surface area contributed by atoms with Gasteiger partial charge in [-0.05, 0) is 54.9 Å². The SMILES string of the molecule is CC(C)c1ccc(F)c(-c2cc(Nc3ccc(N4CCN(C)CC4)cn3)c3c(=O)[nH]ccc3n2)c1. The fraction of sp³-hybridized carbons (Fsp3) is 0.296. The zero-order chi connectivity index (χ0) is 24.5. The van der Waals surface area contributed by atoms with Gasteiger partial charge in [0.15, 0.2) is 0 Å². The van der Waals surface area contributed by atoms with E-state index in [1.165, 1.54) is 6.07 Å². The Bertz CT molecular complexity index is 1410. The Labute approximate surface area is 203 Å². The second-order valence-electron chi connectivity index (χ2n) is 9.33. The number of piperazine rings is 1. The lowest BCUT2D eigenvalue weighted by Gasteiger charge is -2.33. The van der Waals surface area contributed by atoms with Crippen molar-refractivity contribution < 1.29 is 4.39 Å². The van der Waals surface area contributed by atoms with Crippen molar-refractivity contribution in [3.63, 3.8) is 0 Å². The molecule has 0 spiro atoms. The molecule has 1 aliphatic heterocycles. The average molecular weight is 473 g/mol. The molecule has 1 aromatic carbocycles. The molecule has 4 aromatic rings. The first-order valence-corrected chi connectivity index (χ1v) is 11.9. The molecule has 1 aliphatic rings. The summed E-state index contributed by atoms with van der Waals surface area (Å²) in [4.78, 5) is 29.2. The summed E-state index contributed by atoms with van der Waals surface area (Å²) < 4.78 is 14.9. The number of anilines is 3. The number of nitrogens with one attached hydrogen (secondary N) is 2. The molecule has 0 amide bonds. The van der Waals surface area contributed by atoms with Crippen LogP contribution in [0, 0.1) is 5.82 Å². The van der Waals surface area contributed by atoms with E-state index in [4.69, 9.17) is 0 Å². The van der Waals surface area contributed by atoms with Crippen LogP contribution in [0.25, 0.3) is 22.2 Å². The largest absolute Gasteiger partial charge is 0.368 e. The zero-order valence-corrected chi connectivity index (χ0v) is 20.2. The standard InChI is InChI=1S/C27H29FN6O/c1-17(2)18-4-6-21(28)20(14-18)23-15-24(26-22(31-23)8-9-29-27(26)35)32-25-7-5-19(16-30-25)34-12-10-33(3)11-13-34/h4-9,14-17H,10-13H2,1-3H3,(H,29,35)(H,30,31,32). The van der Waals surface area contributed by atoms with Crippen LogP contribution in [0.5, 0.6) is 0 Å². The Morgan fingerprint density at radius 1 is 1.06 bits per heavy atom. The van der Waals surface area contributed by atoms with Gasteiger partial charge >= 0.3 is 0 Å². The van der Waals surface area contributed by atoms with Crippen molar-refractivity contribution >= 4 is 28.1 Å². The third-order valence-electron chi connectivity index (χ3n) is 6.54. The van der Waals surface area contributed by atoms with E-state index >= 15 is 0 Å². The van der Waals surface area contributed by atoms with Crippen molar-refractivity contribution in [1.29, 1.82) is 0 Å². The maximum Gasteiger partial charge on any atom is 0.259 e. The highest BCUT2D eigenvalue weighted by Crippen LogP contribution is 2.31. The van der Waals surface area contributed by atoms with Crippen molar-refractivity contribution in [1.82, 2.24) is 19.9 Å². The molecule has 1 saturated heterocycles. The van der Waals surface area contributed by atoms with Crippen LogP contribution in [0.2, 0.25) is 0 Å². The minimum absolute atomic E-state index is 0.248. The van der Waals surface area contributed by atoms with Crippen LogP contribution >= 0.6 is 0 Å². The van der Waals surface area contributed by atoms with E-state index in [1.54, 1.807) is 24.4 Å². The number of halogens is 1. The first kappa shape index (κ1) is 23.0. The van der Waals surface area contributed by atoms with Gasteiger partial charge in [-0.15, -0.1) is 0 Å². The van der Waals surface area contributed by atoms with Gasteiger partial charge in [-0.1, -0.05) is 19.9 Å². The quantitative estimate of drug-likeness (QED) is 0.437. The first-order valence-electron chi connectivity index (χ1n) is 11.9. The molecule has 0 aliphatic carbocycles. The van der Waals surface area contributed by atoms with Gasteiger partial charge in [0.05, 0.1) is 34.2 Å². The lowest BCUT2D eigenvalue weighted by atomic mass is 9.98. The molecule has 0 atom stereocenters. The zero-order valence-electron chi connectivity index (χ0n) is 20.2. The number of benzene rings is 1. The van der Waals surface area contributed by atoms with Gasteiger partial charge in [0.25, 0.3) is 5.56 Å². The van der Waals surface area contributed by atoms with E-state index in [-0.39, 0.29) is 17.3 Å². The summed E-state index contributed by atoms with van der Waals surface area (Å²) in [5, 5.41) is 3.68. The van der Waals surface area contributed by atoms with Crippen LogP contribution in [0.4, 0.5) is 21.6 Å². The first-order chi connectivity index (χ1) is 16.9. The van der Waals surface area contributed by atoms with Crippen molar-refractivity contribution in [3.8, 4) is 11.3 Å². The second kappa shape index (κ2) is 9.46. The summed E-state index contributed by atoms with van der Waals surface area (Å²) in [5.74, 6) is 0.492. The topological polar surface area (TPSA) is 77.1 Å². The van der Waals surface area contributed by atoms with Crippen molar-refractivity contribution in [2.24, 2.45) is 0 Å². The molecule has 3 aromatic heterocycles. The number of likely N-dealkylation sites (N-methyl/N-ethyl adjacent to an activating group) is 1. The van der Waals surface area contributed by atoms with E-state index in [1.807, 2.05) is 24.4 Å². The molecular formula is C27H29FN6O. The van der Waals surface area contributed by atoms with Crippen molar-refractivity contribution in [2.75, 3.05) is 43.4 Å². The average Bonchev–Trinajstić information content (AvgIpc) is 2.85. The summed E-state index contributed by atoms with van der Waals surface area (Å²) in [6.07, 6.45) is 3.39. The predicted octanol–water partition coefficient (Wildman–Crippen LogP) is 4.74. The van der Waals surface area contributed by atoms with Gasteiger partial charge in [0, 0.05) is 37.9 Å². The third-order valence-corrected chi connectivity index (χ3v) is 6.54. The van der Waals surface area contributed by atoms with Crippen LogP contribution < -0.4 is 15.8 Å². The lowest BCUT2D eigenvalue weighted by Crippen LogP contribution is -2.44. The fourth-order valence-electron chi connectivity index (χ4n) is 4.38. The summed E-state index contributed by atoms with van der Waals surface area (Å²) >= 11 is 0. The van der Waals surface area contributed by atoms with Gasteiger partial charge < -0.3 is 20.1 Å². The van der Waals surface area contributed by atoms with Gasteiger partial charge in [-0.25, -0.2) is 14.4 Å². The smallest absolute Gasteiger partial charge is 0.259 e. The second-order valence-corrected chi connectivity index (χ2v) is 9.33. The van der Waals surface area contributed by atoms with E-state index in [2.05, 4.69) is 51.0 Å². The van der Waals surface area contributed by atoms with E-state index in [0.29, 0.717) is 33.7 Å². The summed E-state index contributed by atoms with van der Waals surface area (Å²) in [6.45, 7) is 8.08. The fourth-order valence-corrected chi connectivity index (χ4v) is 4.38. The summed E-state index contributed by atoms with van der Waals surface area (Å²) in [5.41, 5.74) is 3.69. The number of aromatic nitrogens is 3. The van der Waals surface area contributed by atoms with E-state index in [9.17, 15) is 9.18 Å². The van der Waals surface area contributed by atoms with Gasteiger partial charge in [0.1, 0.15) is 11.6 Å². The molecule has 4 heterocycles. The molecule has 5 rings (SSSR count). The summed E-state index contributed by atoms with van der Waals surface area (Å²) in [7, 11) is 2.13. The third kappa shape index (κ3) is 4.74. The number of pyridine rings is 3. The van der Waals surface area contributed by atoms with Crippen LogP contribution in [0.3, 0.4) is 0 Å². The molecule has 2 N–H and O–H groups in total. The Balaban J connectivity index is 1.53. The van der Waals surface area contributed by atoms with Gasteiger partial charge in [0.2, 0.25) is 0 Å². The molecule has 8 heteroatoms. The number of rotatable bonds is 5. The summed E-state index contributed by atoms with van der Waals surface area (Å²) in [6, 6.07) is 12.5. The normalized spacial score (nSPS) is 14.6. The number of hydrogen-bond donors (Lipinski definition) is 2. The van der Waals surface area contributed by atoms with Crippen molar-refractivity contribution in [3.05, 3.63) is 76.6 Å². The number of H-pyrrole nitrogens is 1. The van der Waals surface area contributed by atoms with Crippen LogP contribution in [0.1, 0.15) is 25.3 Å². The van der Waals surface area contributed by atoms with E-state index in [0.717, 1.165) is 37.4 Å². The molecular weight excluding hydrogens is 443 g/mol. The maximum absolute atomic E-state index is 14.9. The van der Waals surface area contributed by atoms with E-state index < -0.39 is 0 Å². The van der Waals surface area contributed by atoms with Crippen molar-refractivity contribution in [2.45, 2.75) is 19.8 Å². The van der Waals surface area contributed by atoms with Crippen LogP contribution in [0.15, 0.2) is 59.7 Å². The number of nitrogens with zero attached hydrogens (tertiary/aromatic N) is 4. The number of aromatic amines is 1. The Hall–Kier alpha value is -3.78. The molecule has 0 saturated carbocycles. The highest BCUT2D eigenvalue weighted by Gasteiger charge is 2.17. The molecule has 0 radical (unpaired) electrons. The van der Waals surface area contributed by atoms with Crippen LogP contribution in [-0.2, 0) is 0 Å². The van der Waals surface area contributed by atoms with Gasteiger partial charge in [-0.2, -0.15) is 0 Å². The number of fused-ring (bicyclic) bond motifs is 1. The minimum Gasteiger partial charge on any atom is -0.368 e. The highest BCUT2D eigenvalue weighted by molar-refractivity contribution is 5.94. The van der Waals surface area contributed by atoms with Crippen LogP contribution in [-0.4, -0.2) is 53.1 Å². The lowest BCUT2D eigenvalue weighted by molar-refractivity contribution is 0.313. The Morgan fingerprint density at radius 3 is 2.57 bits per heavy atom. The predicted molar refractivity (Wildman–Crippen MR) is 139 cm³/mol. The highest BCUT2D eigenvalue weighted by atomic mass is 19.1. The molecule has 0 bridgehead atoms. The number of hydrogen-bond acceptors (Lipinski definition) is 6. The maximum atomic E-state index is 14.9. The molecule has 180 valence electrons. The Kier molecular flexibility index (Phi) is 6.21. The monoisotopic (exact) mass is 472 g/mol. The molecule has 1 fully saturated rings. The Morgan fingerprint density at radius 2 is 1.86 bits per heavy atom. The van der Waals surface area contributed by atoms with Gasteiger partial charge in [-0.3, -0.25) is 4.79 Å². The molecule has 35 heavy (non-hydrogen) atoms.